The van der Waals surface area contributed by atoms with Crippen LogP contribution in [0.15, 0.2) is 29.2 Å². The molecule has 1 atom stereocenters. The zero-order valence-corrected chi connectivity index (χ0v) is 12.9. The molecule has 1 fully saturated rings. The van der Waals surface area contributed by atoms with Gasteiger partial charge in [0.2, 0.25) is 5.91 Å². The Morgan fingerprint density at radius 1 is 1.26 bits per heavy atom. The lowest BCUT2D eigenvalue weighted by Gasteiger charge is -2.27. The minimum absolute atomic E-state index is 0.00620. The second kappa shape index (κ2) is 6.47. The summed E-state index contributed by atoms with van der Waals surface area (Å²) < 4.78 is 0. The van der Waals surface area contributed by atoms with Crippen LogP contribution in [0.2, 0.25) is 0 Å². The first-order valence-electron chi connectivity index (χ1n) is 7.08. The fourth-order valence-electron chi connectivity index (χ4n) is 2.63. The Morgan fingerprint density at radius 2 is 1.84 bits per heavy atom. The van der Waals surface area contributed by atoms with Gasteiger partial charge in [0.1, 0.15) is 0 Å². The summed E-state index contributed by atoms with van der Waals surface area (Å²) in [6.07, 6.45) is 4.87. The van der Waals surface area contributed by atoms with Crippen molar-refractivity contribution in [2.45, 2.75) is 55.7 Å². The van der Waals surface area contributed by atoms with Crippen molar-refractivity contribution >= 4 is 17.7 Å². The van der Waals surface area contributed by atoms with Crippen molar-refractivity contribution in [1.29, 1.82) is 0 Å². The summed E-state index contributed by atoms with van der Waals surface area (Å²) in [5.74, 6) is 0.262. The van der Waals surface area contributed by atoms with Gasteiger partial charge in [-0.2, -0.15) is 0 Å². The monoisotopic (exact) mass is 277 g/mol. The second-order valence-electron chi connectivity index (χ2n) is 5.46. The number of carbonyl (C=O) groups is 1. The van der Waals surface area contributed by atoms with Crippen LogP contribution in [0, 0.1) is 6.92 Å². The molecule has 3 heteroatoms. The number of nitrogens with zero attached hydrogens (tertiary/aromatic N) is 1. The van der Waals surface area contributed by atoms with Crippen LogP contribution in [-0.4, -0.2) is 29.1 Å². The van der Waals surface area contributed by atoms with Crippen molar-refractivity contribution < 1.29 is 4.79 Å². The molecule has 2 nitrogen and oxygen atoms in total. The maximum atomic E-state index is 12.4. The normalized spacial score (nSPS) is 17.4. The fourth-order valence-corrected chi connectivity index (χ4v) is 3.60. The number of carbonyl (C=O) groups excluding carboxylic acids is 1. The minimum atomic E-state index is -0.00620. The zero-order valence-electron chi connectivity index (χ0n) is 12.1. The average Bonchev–Trinajstić information content (AvgIpc) is 2.93. The number of hydrogen-bond donors (Lipinski definition) is 0. The van der Waals surface area contributed by atoms with Crippen LogP contribution in [0.3, 0.4) is 0 Å². The van der Waals surface area contributed by atoms with Crippen LogP contribution in [0.1, 0.15) is 38.2 Å². The summed E-state index contributed by atoms with van der Waals surface area (Å²) >= 11 is 1.66. The number of rotatable bonds is 4. The van der Waals surface area contributed by atoms with Crippen LogP contribution in [0.4, 0.5) is 0 Å². The third-order valence-electron chi connectivity index (χ3n) is 3.90. The highest BCUT2D eigenvalue weighted by atomic mass is 32.2. The molecule has 19 heavy (non-hydrogen) atoms. The quantitative estimate of drug-likeness (QED) is 0.779. The van der Waals surface area contributed by atoms with E-state index >= 15 is 0 Å². The molecular weight excluding hydrogens is 254 g/mol. The van der Waals surface area contributed by atoms with E-state index in [1.165, 1.54) is 36.1 Å². The summed E-state index contributed by atoms with van der Waals surface area (Å²) in [7, 11) is 1.96. The van der Waals surface area contributed by atoms with E-state index < -0.39 is 0 Å². The summed E-state index contributed by atoms with van der Waals surface area (Å²) in [5, 5.41) is -0.00620. The van der Waals surface area contributed by atoms with Crippen molar-refractivity contribution in [2.24, 2.45) is 0 Å². The maximum Gasteiger partial charge on any atom is 0.235 e. The zero-order chi connectivity index (χ0) is 13.8. The average molecular weight is 277 g/mol. The molecule has 0 radical (unpaired) electrons. The van der Waals surface area contributed by atoms with Crippen LogP contribution in [0.25, 0.3) is 0 Å². The molecule has 0 bridgehead atoms. The van der Waals surface area contributed by atoms with Gasteiger partial charge in [0, 0.05) is 18.0 Å². The van der Waals surface area contributed by atoms with E-state index in [9.17, 15) is 4.79 Å². The molecule has 0 spiro atoms. The Bertz CT molecular complexity index is 423. The number of benzene rings is 1. The first-order valence-corrected chi connectivity index (χ1v) is 7.96. The van der Waals surface area contributed by atoms with E-state index in [-0.39, 0.29) is 11.2 Å². The molecule has 1 aliphatic carbocycles. The molecule has 0 aliphatic heterocycles. The number of aryl methyl sites for hydroxylation is 1. The van der Waals surface area contributed by atoms with E-state index in [1.807, 2.05) is 18.9 Å². The van der Waals surface area contributed by atoms with E-state index in [4.69, 9.17) is 0 Å². The summed E-state index contributed by atoms with van der Waals surface area (Å²) in [5.41, 5.74) is 1.26. The highest BCUT2D eigenvalue weighted by Gasteiger charge is 2.26. The Kier molecular flexibility index (Phi) is 4.92. The van der Waals surface area contributed by atoms with E-state index in [2.05, 4.69) is 31.2 Å². The molecule has 2 rings (SSSR count). The predicted molar refractivity (Wildman–Crippen MR) is 81.5 cm³/mol. The summed E-state index contributed by atoms with van der Waals surface area (Å²) in [6.45, 7) is 4.09. The van der Waals surface area contributed by atoms with Crippen LogP contribution in [-0.2, 0) is 4.79 Å². The van der Waals surface area contributed by atoms with Crippen molar-refractivity contribution in [1.82, 2.24) is 4.90 Å². The Balaban J connectivity index is 1.93. The summed E-state index contributed by atoms with van der Waals surface area (Å²) in [6, 6.07) is 8.85. The van der Waals surface area contributed by atoms with Gasteiger partial charge in [-0.25, -0.2) is 0 Å². The lowest BCUT2D eigenvalue weighted by Crippen LogP contribution is -2.39. The van der Waals surface area contributed by atoms with Gasteiger partial charge in [-0.05, 0) is 38.8 Å². The molecule has 0 unspecified atom stereocenters. The Morgan fingerprint density at radius 3 is 2.42 bits per heavy atom. The first-order chi connectivity index (χ1) is 9.08. The molecule has 0 heterocycles. The van der Waals surface area contributed by atoms with Gasteiger partial charge in [-0.15, -0.1) is 11.8 Å². The minimum Gasteiger partial charge on any atom is -0.342 e. The van der Waals surface area contributed by atoms with Gasteiger partial charge < -0.3 is 4.90 Å². The first kappa shape index (κ1) is 14.4. The molecule has 1 saturated carbocycles. The summed E-state index contributed by atoms with van der Waals surface area (Å²) in [4.78, 5) is 15.5. The van der Waals surface area contributed by atoms with Crippen LogP contribution >= 0.6 is 11.8 Å². The van der Waals surface area contributed by atoms with E-state index in [0.717, 1.165) is 0 Å². The van der Waals surface area contributed by atoms with Gasteiger partial charge >= 0.3 is 0 Å². The predicted octanol–water partition coefficient (Wildman–Crippen LogP) is 3.88. The molecule has 0 aromatic heterocycles. The second-order valence-corrected chi connectivity index (χ2v) is 6.87. The SMILES string of the molecule is Cc1ccc(S[C@@H](C)C(=O)N(C)C2CCCC2)cc1. The fraction of sp³-hybridized carbons (Fsp3) is 0.562. The lowest BCUT2D eigenvalue weighted by atomic mass is 10.2. The lowest BCUT2D eigenvalue weighted by molar-refractivity contribution is -0.130. The van der Waals surface area contributed by atoms with Crippen molar-refractivity contribution in [2.75, 3.05) is 7.05 Å². The van der Waals surface area contributed by atoms with Crippen molar-refractivity contribution in [3.63, 3.8) is 0 Å². The van der Waals surface area contributed by atoms with Crippen LogP contribution < -0.4 is 0 Å². The Hall–Kier alpha value is -0.960. The van der Waals surface area contributed by atoms with Gasteiger partial charge in [-0.3, -0.25) is 4.79 Å². The van der Waals surface area contributed by atoms with Crippen LogP contribution in [0.5, 0.6) is 0 Å². The van der Waals surface area contributed by atoms with Gasteiger partial charge in [0.15, 0.2) is 0 Å². The third-order valence-corrected chi connectivity index (χ3v) is 5.00. The van der Waals surface area contributed by atoms with Crippen molar-refractivity contribution in [3.05, 3.63) is 29.8 Å². The van der Waals surface area contributed by atoms with Crippen molar-refractivity contribution in [3.8, 4) is 0 Å². The number of hydrogen-bond acceptors (Lipinski definition) is 2. The van der Waals surface area contributed by atoms with Gasteiger partial charge in [0.05, 0.1) is 5.25 Å². The molecule has 104 valence electrons. The van der Waals surface area contributed by atoms with E-state index in [0.29, 0.717) is 6.04 Å². The molecule has 1 aromatic carbocycles. The highest BCUT2D eigenvalue weighted by Crippen LogP contribution is 2.28. The maximum absolute atomic E-state index is 12.4. The number of thioether (sulfide) groups is 1. The standard InChI is InChI=1S/C16H23NOS/c1-12-8-10-15(11-9-12)19-13(2)16(18)17(3)14-6-4-5-7-14/h8-11,13-14H,4-7H2,1-3H3/t13-/m0/s1. The molecule has 1 aliphatic rings. The smallest absolute Gasteiger partial charge is 0.235 e. The third kappa shape index (κ3) is 3.75. The molecule has 0 saturated heterocycles. The highest BCUT2D eigenvalue weighted by molar-refractivity contribution is 8.00. The Labute approximate surface area is 120 Å². The molecule has 1 aromatic rings. The topological polar surface area (TPSA) is 20.3 Å². The largest absolute Gasteiger partial charge is 0.342 e. The molecule has 1 amide bonds. The van der Waals surface area contributed by atoms with E-state index in [1.54, 1.807) is 11.8 Å². The molecular formula is C16H23NOS. The van der Waals surface area contributed by atoms with Gasteiger partial charge in [0.25, 0.3) is 0 Å². The number of amides is 1. The molecule has 0 N–H and O–H groups in total. The van der Waals surface area contributed by atoms with Gasteiger partial charge in [-0.1, -0.05) is 30.5 Å².